The van der Waals surface area contributed by atoms with Crippen molar-refractivity contribution in [1.29, 1.82) is 0 Å². The molecule has 3 nitrogen and oxygen atoms in total. The third-order valence-corrected chi connectivity index (χ3v) is 3.09. The molecule has 0 saturated carbocycles. The molecule has 0 atom stereocenters. The van der Waals surface area contributed by atoms with Crippen LogP contribution < -0.4 is 4.74 Å². The van der Waals surface area contributed by atoms with Crippen LogP contribution in [-0.4, -0.2) is 16.6 Å². The van der Waals surface area contributed by atoms with Crippen LogP contribution >= 0.6 is 22.9 Å². The number of nitrogens with zero attached hydrogens (tertiary/aromatic N) is 2. The maximum atomic E-state index is 5.73. The fraction of sp³-hybridized carbons (Fsp3) is 0.273. The Balaban J connectivity index is 1.89. The van der Waals surface area contributed by atoms with Crippen LogP contribution in [0.1, 0.15) is 10.6 Å². The molecule has 0 amide bonds. The standard InChI is InChI=1S/C11H11ClN2OS/c1-8-7-10(14-11(12)13-8)15-5-4-9-3-2-6-16-9/h2-3,6-7H,4-5H2,1H3. The van der Waals surface area contributed by atoms with Crippen molar-refractivity contribution in [1.82, 2.24) is 9.97 Å². The summed E-state index contributed by atoms with van der Waals surface area (Å²) in [5.41, 5.74) is 0.811. The summed E-state index contributed by atoms with van der Waals surface area (Å²) in [5, 5.41) is 2.28. The number of thiophene rings is 1. The molecule has 0 radical (unpaired) electrons. The van der Waals surface area contributed by atoms with E-state index >= 15 is 0 Å². The number of hydrogen-bond acceptors (Lipinski definition) is 4. The summed E-state index contributed by atoms with van der Waals surface area (Å²) in [4.78, 5) is 9.26. The maximum Gasteiger partial charge on any atom is 0.225 e. The summed E-state index contributed by atoms with van der Waals surface area (Å²) in [6.07, 6.45) is 0.887. The van der Waals surface area contributed by atoms with Crippen molar-refractivity contribution in [3.8, 4) is 5.88 Å². The molecule has 16 heavy (non-hydrogen) atoms. The second-order valence-corrected chi connectivity index (χ2v) is 4.66. The van der Waals surface area contributed by atoms with Gasteiger partial charge in [-0.3, -0.25) is 0 Å². The molecule has 0 spiro atoms. The van der Waals surface area contributed by atoms with Gasteiger partial charge in [-0.05, 0) is 30.0 Å². The van der Waals surface area contributed by atoms with Gasteiger partial charge in [0, 0.05) is 23.1 Å². The van der Waals surface area contributed by atoms with Gasteiger partial charge in [-0.15, -0.1) is 11.3 Å². The van der Waals surface area contributed by atoms with Gasteiger partial charge in [-0.1, -0.05) is 6.07 Å². The van der Waals surface area contributed by atoms with E-state index in [0.29, 0.717) is 12.5 Å². The number of halogens is 1. The van der Waals surface area contributed by atoms with Gasteiger partial charge in [0.05, 0.1) is 6.61 Å². The normalized spacial score (nSPS) is 10.4. The second-order valence-electron chi connectivity index (χ2n) is 3.29. The van der Waals surface area contributed by atoms with Gasteiger partial charge >= 0.3 is 0 Å². The molecule has 0 fully saturated rings. The van der Waals surface area contributed by atoms with Gasteiger partial charge in [-0.25, -0.2) is 4.98 Å². The topological polar surface area (TPSA) is 35.0 Å². The van der Waals surface area contributed by atoms with Crippen LogP contribution in [0.5, 0.6) is 5.88 Å². The molecule has 0 N–H and O–H groups in total. The Kier molecular flexibility index (Phi) is 3.74. The molecule has 0 unspecified atom stereocenters. The number of aryl methyl sites for hydroxylation is 1. The van der Waals surface area contributed by atoms with Crippen LogP contribution in [0.25, 0.3) is 0 Å². The van der Waals surface area contributed by atoms with E-state index in [2.05, 4.69) is 21.4 Å². The van der Waals surface area contributed by atoms with E-state index in [0.717, 1.165) is 12.1 Å². The lowest BCUT2D eigenvalue weighted by molar-refractivity contribution is 0.309. The first kappa shape index (κ1) is 11.4. The lowest BCUT2D eigenvalue weighted by Gasteiger charge is -2.04. The maximum absolute atomic E-state index is 5.73. The Morgan fingerprint density at radius 1 is 1.44 bits per heavy atom. The Bertz CT molecular complexity index is 439. The Morgan fingerprint density at radius 2 is 2.31 bits per heavy atom. The molecule has 5 heteroatoms. The molecule has 0 aromatic carbocycles. The minimum absolute atomic E-state index is 0.228. The number of hydrogen-bond donors (Lipinski definition) is 0. The molecule has 2 heterocycles. The summed E-state index contributed by atoms with van der Waals surface area (Å²) in [7, 11) is 0. The Labute approximate surface area is 103 Å². The summed E-state index contributed by atoms with van der Waals surface area (Å²) >= 11 is 7.45. The van der Waals surface area contributed by atoms with Crippen molar-refractivity contribution in [3.63, 3.8) is 0 Å². The van der Waals surface area contributed by atoms with Crippen molar-refractivity contribution >= 4 is 22.9 Å². The van der Waals surface area contributed by atoms with Crippen molar-refractivity contribution in [3.05, 3.63) is 39.4 Å². The molecular weight excluding hydrogens is 244 g/mol. The number of ether oxygens (including phenoxy) is 1. The first-order valence-electron chi connectivity index (χ1n) is 4.90. The molecule has 84 valence electrons. The average Bonchev–Trinajstić information content (AvgIpc) is 2.69. The van der Waals surface area contributed by atoms with E-state index in [1.165, 1.54) is 4.88 Å². The number of rotatable bonds is 4. The highest BCUT2D eigenvalue weighted by atomic mass is 35.5. The summed E-state index contributed by atoms with van der Waals surface area (Å²) < 4.78 is 5.51. The third kappa shape index (κ3) is 3.18. The predicted molar refractivity (Wildman–Crippen MR) is 65.3 cm³/mol. The zero-order valence-corrected chi connectivity index (χ0v) is 10.4. The lowest BCUT2D eigenvalue weighted by atomic mass is 10.4. The van der Waals surface area contributed by atoms with Crippen LogP contribution in [0.3, 0.4) is 0 Å². The van der Waals surface area contributed by atoms with Crippen molar-refractivity contribution in [2.75, 3.05) is 6.61 Å². The minimum atomic E-state index is 0.228. The zero-order valence-electron chi connectivity index (χ0n) is 8.81. The number of aromatic nitrogens is 2. The quantitative estimate of drug-likeness (QED) is 0.787. The van der Waals surface area contributed by atoms with E-state index in [-0.39, 0.29) is 5.28 Å². The fourth-order valence-corrected chi connectivity index (χ4v) is 2.20. The molecular formula is C11H11ClN2OS. The van der Waals surface area contributed by atoms with Crippen LogP contribution in [0, 0.1) is 6.92 Å². The largest absolute Gasteiger partial charge is 0.477 e. The van der Waals surface area contributed by atoms with E-state index in [1.807, 2.05) is 13.0 Å². The highest BCUT2D eigenvalue weighted by molar-refractivity contribution is 7.09. The SMILES string of the molecule is Cc1cc(OCCc2cccs2)nc(Cl)n1. The monoisotopic (exact) mass is 254 g/mol. The van der Waals surface area contributed by atoms with Gasteiger partial charge in [0.1, 0.15) is 0 Å². The van der Waals surface area contributed by atoms with E-state index in [9.17, 15) is 0 Å². The van der Waals surface area contributed by atoms with Crippen LogP contribution in [0.2, 0.25) is 5.28 Å². The molecule has 0 aliphatic heterocycles. The van der Waals surface area contributed by atoms with Crippen molar-refractivity contribution in [2.45, 2.75) is 13.3 Å². The van der Waals surface area contributed by atoms with Crippen LogP contribution in [0.15, 0.2) is 23.6 Å². The molecule has 0 aliphatic carbocycles. The smallest absolute Gasteiger partial charge is 0.225 e. The van der Waals surface area contributed by atoms with Gasteiger partial charge in [0.2, 0.25) is 11.2 Å². The molecule has 0 saturated heterocycles. The second kappa shape index (κ2) is 5.27. The van der Waals surface area contributed by atoms with Crippen molar-refractivity contribution < 1.29 is 4.74 Å². The molecule has 2 aromatic heterocycles. The predicted octanol–water partition coefficient (Wildman–Crippen LogP) is 3.12. The molecule has 2 rings (SSSR count). The first-order chi connectivity index (χ1) is 7.74. The minimum Gasteiger partial charge on any atom is -0.477 e. The van der Waals surface area contributed by atoms with Gasteiger partial charge in [0.25, 0.3) is 0 Å². The summed E-state index contributed by atoms with van der Waals surface area (Å²) in [6.45, 7) is 2.47. The average molecular weight is 255 g/mol. The van der Waals surface area contributed by atoms with Crippen LogP contribution in [0.4, 0.5) is 0 Å². The van der Waals surface area contributed by atoms with Gasteiger partial charge in [-0.2, -0.15) is 4.98 Å². The lowest BCUT2D eigenvalue weighted by Crippen LogP contribution is -2.02. The first-order valence-corrected chi connectivity index (χ1v) is 6.16. The Morgan fingerprint density at radius 3 is 3.00 bits per heavy atom. The molecule has 0 bridgehead atoms. The zero-order chi connectivity index (χ0) is 11.4. The van der Waals surface area contributed by atoms with Gasteiger partial charge in [0.15, 0.2) is 0 Å². The third-order valence-electron chi connectivity index (χ3n) is 1.98. The van der Waals surface area contributed by atoms with Gasteiger partial charge < -0.3 is 4.74 Å². The highest BCUT2D eigenvalue weighted by Crippen LogP contribution is 2.13. The van der Waals surface area contributed by atoms with Crippen molar-refractivity contribution in [2.24, 2.45) is 0 Å². The summed E-state index contributed by atoms with van der Waals surface area (Å²) in [6, 6.07) is 5.90. The molecule has 2 aromatic rings. The Hall–Kier alpha value is -1.13. The van der Waals surface area contributed by atoms with E-state index < -0.39 is 0 Å². The van der Waals surface area contributed by atoms with E-state index in [4.69, 9.17) is 16.3 Å². The fourth-order valence-electron chi connectivity index (χ4n) is 1.29. The highest BCUT2D eigenvalue weighted by Gasteiger charge is 2.01. The summed E-state index contributed by atoms with van der Waals surface area (Å²) in [5.74, 6) is 0.536. The molecule has 0 aliphatic rings. The van der Waals surface area contributed by atoms with Crippen LogP contribution in [-0.2, 0) is 6.42 Å². The van der Waals surface area contributed by atoms with E-state index in [1.54, 1.807) is 17.4 Å².